The third kappa shape index (κ3) is 4.59. The van der Waals surface area contributed by atoms with Gasteiger partial charge in [-0.1, -0.05) is 0 Å². The normalized spacial score (nSPS) is 17.0. The average Bonchev–Trinajstić information content (AvgIpc) is 3.24. The van der Waals surface area contributed by atoms with Crippen LogP contribution in [0.1, 0.15) is 44.2 Å². The molecule has 1 aromatic carbocycles. The van der Waals surface area contributed by atoms with E-state index in [0.717, 1.165) is 54.2 Å². The van der Waals surface area contributed by atoms with Crippen LogP contribution in [0.5, 0.6) is 11.5 Å². The molecule has 158 valence electrons. The SMILES string of the molecule is COc1cc2c3c(c(NC(C)C)nc2cc1OCCCN1CCCC1)COCC3. The summed E-state index contributed by atoms with van der Waals surface area (Å²) in [4.78, 5) is 7.44. The molecule has 6 nitrogen and oxygen atoms in total. The molecule has 2 aliphatic rings. The monoisotopic (exact) mass is 399 g/mol. The Hall–Kier alpha value is -2.05. The maximum Gasteiger partial charge on any atom is 0.163 e. The molecule has 0 bridgehead atoms. The Morgan fingerprint density at radius 2 is 2.00 bits per heavy atom. The van der Waals surface area contributed by atoms with E-state index in [1.54, 1.807) is 7.11 Å². The second-order valence-electron chi connectivity index (χ2n) is 8.29. The smallest absolute Gasteiger partial charge is 0.163 e. The van der Waals surface area contributed by atoms with Crippen LogP contribution in [-0.2, 0) is 17.8 Å². The molecule has 1 saturated heterocycles. The number of pyridine rings is 1. The van der Waals surface area contributed by atoms with Crippen molar-refractivity contribution in [1.82, 2.24) is 9.88 Å². The summed E-state index contributed by atoms with van der Waals surface area (Å²) in [5, 5.41) is 4.63. The van der Waals surface area contributed by atoms with Crippen LogP contribution < -0.4 is 14.8 Å². The highest BCUT2D eigenvalue weighted by molar-refractivity contribution is 5.89. The molecule has 2 aliphatic heterocycles. The van der Waals surface area contributed by atoms with Gasteiger partial charge < -0.3 is 24.4 Å². The van der Waals surface area contributed by atoms with E-state index in [-0.39, 0.29) is 0 Å². The third-order valence-electron chi connectivity index (χ3n) is 5.73. The van der Waals surface area contributed by atoms with Crippen molar-refractivity contribution in [3.05, 3.63) is 23.3 Å². The van der Waals surface area contributed by atoms with Crippen LogP contribution in [0.2, 0.25) is 0 Å². The molecule has 0 unspecified atom stereocenters. The van der Waals surface area contributed by atoms with Gasteiger partial charge in [0.1, 0.15) is 5.82 Å². The first-order valence-electron chi connectivity index (χ1n) is 10.9. The van der Waals surface area contributed by atoms with Crippen LogP contribution >= 0.6 is 0 Å². The van der Waals surface area contributed by atoms with E-state index in [1.807, 2.05) is 6.07 Å². The zero-order valence-electron chi connectivity index (χ0n) is 17.9. The van der Waals surface area contributed by atoms with Crippen LogP contribution in [0, 0.1) is 0 Å². The van der Waals surface area contributed by atoms with Gasteiger partial charge in [0.25, 0.3) is 0 Å². The summed E-state index contributed by atoms with van der Waals surface area (Å²) in [7, 11) is 1.70. The van der Waals surface area contributed by atoms with E-state index < -0.39 is 0 Å². The minimum atomic E-state index is 0.311. The number of likely N-dealkylation sites (tertiary alicyclic amines) is 1. The minimum absolute atomic E-state index is 0.311. The fourth-order valence-electron chi connectivity index (χ4n) is 4.31. The van der Waals surface area contributed by atoms with Crippen molar-refractivity contribution in [2.75, 3.05) is 45.3 Å². The number of hydrogen-bond acceptors (Lipinski definition) is 6. The summed E-state index contributed by atoms with van der Waals surface area (Å²) < 4.78 is 17.5. The predicted octanol–water partition coefficient (Wildman–Crippen LogP) is 4.00. The second-order valence-corrected chi connectivity index (χ2v) is 8.29. The Bertz CT molecular complexity index is 847. The molecule has 0 radical (unpaired) electrons. The Balaban J connectivity index is 1.59. The minimum Gasteiger partial charge on any atom is -0.493 e. The van der Waals surface area contributed by atoms with E-state index in [9.17, 15) is 0 Å². The lowest BCUT2D eigenvalue weighted by Crippen LogP contribution is -2.22. The standard InChI is InChI=1S/C23H33N3O3/c1-16(2)24-23-19-15-28-12-7-17(19)18-13-21(27-3)22(14-20(18)25-23)29-11-6-10-26-8-4-5-9-26/h13-14,16H,4-12,15H2,1-3H3,(H,24,25). The first-order valence-corrected chi connectivity index (χ1v) is 10.9. The number of methoxy groups -OCH3 is 1. The van der Waals surface area contributed by atoms with Gasteiger partial charge in [-0.2, -0.15) is 0 Å². The molecule has 0 spiro atoms. The van der Waals surface area contributed by atoms with E-state index in [0.29, 0.717) is 19.3 Å². The molecule has 0 aliphatic carbocycles. The molecular formula is C23H33N3O3. The van der Waals surface area contributed by atoms with Crippen molar-refractivity contribution >= 4 is 16.7 Å². The van der Waals surface area contributed by atoms with E-state index >= 15 is 0 Å². The number of aromatic nitrogens is 1. The van der Waals surface area contributed by atoms with Crippen LogP contribution in [0.3, 0.4) is 0 Å². The van der Waals surface area contributed by atoms with E-state index in [1.165, 1.54) is 37.1 Å². The lowest BCUT2D eigenvalue weighted by molar-refractivity contribution is 0.111. The second kappa shape index (κ2) is 9.18. The van der Waals surface area contributed by atoms with Crippen LogP contribution in [0.15, 0.2) is 12.1 Å². The average molecular weight is 400 g/mol. The topological polar surface area (TPSA) is 55.8 Å². The summed E-state index contributed by atoms with van der Waals surface area (Å²) in [5.74, 6) is 2.47. The number of hydrogen-bond donors (Lipinski definition) is 1. The molecule has 1 aromatic heterocycles. The number of nitrogens with one attached hydrogen (secondary N) is 1. The number of rotatable bonds is 8. The van der Waals surface area contributed by atoms with Gasteiger partial charge in [-0.25, -0.2) is 4.98 Å². The fraction of sp³-hybridized carbons (Fsp3) is 0.609. The third-order valence-corrected chi connectivity index (χ3v) is 5.73. The first-order chi connectivity index (χ1) is 14.2. The summed E-state index contributed by atoms with van der Waals surface area (Å²) in [6, 6.07) is 4.43. The fourth-order valence-corrected chi connectivity index (χ4v) is 4.31. The quantitative estimate of drug-likeness (QED) is 0.677. The summed E-state index contributed by atoms with van der Waals surface area (Å²) >= 11 is 0. The lowest BCUT2D eigenvalue weighted by atomic mass is 9.98. The van der Waals surface area contributed by atoms with Gasteiger partial charge >= 0.3 is 0 Å². The van der Waals surface area contributed by atoms with Crippen molar-refractivity contribution in [2.24, 2.45) is 0 Å². The molecule has 0 amide bonds. The zero-order chi connectivity index (χ0) is 20.2. The molecule has 1 N–H and O–H groups in total. The van der Waals surface area contributed by atoms with E-state index in [2.05, 4.69) is 30.1 Å². The summed E-state index contributed by atoms with van der Waals surface area (Å²) in [6.45, 7) is 9.84. The van der Waals surface area contributed by atoms with Crippen LogP contribution in [0.4, 0.5) is 5.82 Å². The van der Waals surface area contributed by atoms with Gasteiger partial charge in [-0.05, 0) is 64.3 Å². The van der Waals surface area contributed by atoms with Crippen molar-refractivity contribution in [3.8, 4) is 11.5 Å². The summed E-state index contributed by atoms with van der Waals surface area (Å²) in [6.07, 6.45) is 4.57. The van der Waals surface area contributed by atoms with Gasteiger partial charge in [0, 0.05) is 29.6 Å². The molecule has 1 fully saturated rings. The van der Waals surface area contributed by atoms with Crippen LogP contribution in [-0.4, -0.2) is 55.9 Å². The molecule has 3 heterocycles. The Kier molecular flexibility index (Phi) is 6.40. The Labute approximate surface area is 173 Å². The van der Waals surface area contributed by atoms with Crippen molar-refractivity contribution < 1.29 is 14.2 Å². The Morgan fingerprint density at radius 1 is 1.17 bits per heavy atom. The first kappa shape index (κ1) is 20.2. The van der Waals surface area contributed by atoms with Gasteiger partial charge in [-0.15, -0.1) is 0 Å². The summed E-state index contributed by atoms with van der Waals surface area (Å²) in [5.41, 5.74) is 3.42. The number of benzene rings is 1. The molecule has 0 atom stereocenters. The predicted molar refractivity (Wildman–Crippen MR) is 116 cm³/mol. The van der Waals surface area contributed by atoms with Crippen LogP contribution in [0.25, 0.3) is 10.9 Å². The maximum absolute atomic E-state index is 6.12. The van der Waals surface area contributed by atoms with Crippen molar-refractivity contribution in [3.63, 3.8) is 0 Å². The molecule has 29 heavy (non-hydrogen) atoms. The largest absolute Gasteiger partial charge is 0.493 e. The molecule has 0 saturated carbocycles. The molecule has 6 heteroatoms. The van der Waals surface area contributed by atoms with Crippen molar-refractivity contribution in [2.45, 2.75) is 52.2 Å². The van der Waals surface area contributed by atoms with Gasteiger partial charge in [0.15, 0.2) is 11.5 Å². The zero-order valence-corrected chi connectivity index (χ0v) is 17.9. The maximum atomic E-state index is 6.12. The van der Waals surface area contributed by atoms with Gasteiger partial charge in [-0.3, -0.25) is 0 Å². The Morgan fingerprint density at radius 3 is 2.76 bits per heavy atom. The highest BCUT2D eigenvalue weighted by atomic mass is 16.5. The van der Waals surface area contributed by atoms with E-state index in [4.69, 9.17) is 19.2 Å². The molecule has 2 aromatic rings. The van der Waals surface area contributed by atoms with Crippen molar-refractivity contribution in [1.29, 1.82) is 0 Å². The number of anilines is 1. The number of fused-ring (bicyclic) bond motifs is 3. The van der Waals surface area contributed by atoms with Gasteiger partial charge in [0.2, 0.25) is 0 Å². The molecular weight excluding hydrogens is 366 g/mol. The number of ether oxygens (including phenoxy) is 3. The lowest BCUT2D eigenvalue weighted by Gasteiger charge is -2.24. The highest BCUT2D eigenvalue weighted by Gasteiger charge is 2.21. The molecule has 4 rings (SSSR count). The number of nitrogens with zero attached hydrogens (tertiary/aromatic N) is 2. The highest BCUT2D eigenvalue weighted by Crippen LogP contribution is 2.37. The van der Waals surface area contributed by atoms with Gasteiger partial charge in [0.05, 0.1) is 32.4 Å².